The van der Waals surface area contributed by atoms with Gasteiger partial charge in [0, 0.05) is 38.9 Å². The molecule has 1 aromatic carbocycles. The van der Waals surface area contributed by atoms with Crippen LogP contribution in [0.3, 0.4) is 0 Å². The van der Waals surface area contributed by atoms with E-state index in [4.69, 9.17) is 4.74 Å². The van der Waals surface area contributed by atoms with Crippen LogP contribution in [0, 0.1) is 0 Å². The second kappa shape index (κ2) is 7.18. The van der Waals surface area contributed by atoms with Gasteiger partial charge in [-0.15, -0.1) is 5.10 Å². The number of carbonyl (C=O) groups excluding carboxylic acids is 2. The van der Waals surface area contributed by atoms with Gasteiger partial charge >= 0.3 is 0 Å². The zero-order valence-corrected chi connectivity index (χ0v) is 13.3. The van der Waals surface area contributed by atoms with Crippen molar-refractivity contribution in [1.82, 2.24) is 30.0 Å². The quantitative estimate of drug-likeness (QED) is 0.757. The maximum Gasteiger partial charge on any atom is 0.253 e. The number of carbonyl (C=O) groups is 2. The number of aromatic nitrogens is 4. The van der Waals surface area contributed by atoms with Crippen LogP contribution in [0.4, 0.5) is 0 Å². The second-order valence-corrected chi connectivity index (χ2v) is 5.41. The summed E-state index contributed by atoms with van der Waals surface area (Å²) < 4.78 is 6.38. The molecule has 0 unspecified atom stereocenters. The number of nitrogens with zero attached hydrogens (tertiary/aromatic N) is 6. The van der Waals surface area contributed by atoms with Crippen LogP contribution in [0.5, 0.6) is 0 Å². The fraction of sp³-hybridized carbons (Fsp3) is 0.400. The summed E-state index contributed by atoms with van der Waals surface area (Å²) >= 11 is 0. The molecule has 1 aromatic heterocycles. The van der Waals surface area contributed by atoms with Crippen molar-refractivity contribution in [3.8, 4) is 5.69 Å². The van der Waals surface area contributed by atoms with Gasteiger partial charge in [0.25, 0.3) is 5.91 Å². The van der Waals surface area contributed by atoms with Gasteiger partial charge in [0.05, 0.1) is 5.69 Å². The molecule has 126 valence electrons. The summed E-state index contributed by atoms with van der Waals surface area (Å²) in [6.45, 7) is 2.16. The van der Waals surface area contributed by atoms with Crippen molar-refractivity contribution in [3.63, 3.8) is 0 Å². The SMILES string of the molecule is COCC(=O)N1CCN(C(=O)c2ccc(-n3cnnn3)cc2)CC1. The van der Waals surface area contributed by atoms with Crippen LogP contribution in [0.15, 0.2) is 30.6 Å². The lowest BCUT2D eigenvalue weighted by Gasteiger charge is -2.34. The van der Waals surface area contributed by atoms with E-state index in [0.29, 0.717) is 31.7 Å². The highest BCUT2D eigenvalue weighted by Crippen LogP contribution is 2.12. The molecule has 0 aliphatic carbocycles. The van der Waals surface area contributed by atoms with Gasteiger partial charge in [-0.25, -0.2) is 4.68 Å². The number of ether oxygens (including phenoxy) is 1. The molecule has 2 amide bonds. The number of tetrazole rings is 1. The Morgan fingerprint density at radius 1 is 1.08 bits per heavy atom. The van der Waals surface area contributed by atoms with Gasteiger partial charge in [-0.2, -0.15) is 0 Å². The second-order valence-electron chi connectivity index (χ2n) is 5.41. The highest BCUT2D eigenvalue weighted by molar-refractivity contribution is 5.94. The van der Waals surface area contributed by atoms with Gasteiger partial charge in [-0.05, 0) is 34.7 Å². The van der Waals surface area contributed by atoms with E-state index in [2.05, 4.69) is 15.5 Å². The Morgan fingerprint density at radius 2 is 1.75 bits per heavy atom. The molecule has 0 bridgehead atoms. The predicted molar refractivity (Wildman–Crippen MR) is 83.5 cm³/mol. The number of methoxy groups -OCH3 is 1. The fourth-order valence-corrected chi connectivity index (χ4v) is 2.59. The number of amides is 2. The Hall–Kier alpha value is -2.81. The zero-order chi connectivity index (χ0) is 16.9. The molecule has 0 radical (unpaired) electrons. The van der Waals surface area contributed by atoms with Gasteiger partial charge in [0.2, 0.25) is 5.91 Å². The minimum absolute atomic E-state index is 0.0443. The normalized spacial score (nSPS) is 14.7. The maximum atomic E-state index is 12.6. The smallest absolute Gasteiger partial charge is 0.253 e. The van der Waals surface area contributed by atoms with E-state index in [-0.39, 0.29) is 18.4 Å². The van der Waals surface area contributed by atoms with E-state index in [1.54, 1.807) is 34.1 Å². The van der Waals surface area contributed by atoms with Crippen LogP contribution >= 0.6 is 0 Å². The first kappa shape index (κ1) is 16.1. The molecule has 1 saturated heterocycles. The topological polar surface area (TPSA) is 93.5 Å². The number of piperazine rings is 1. The predicted octanol–water partition coefficient (Wildman–Crippen LogP) is -0.407. The third kappa shape index (κ3) is 3.40. The lowest BCUT2D eigenvalue weighted by Crippen LogP contribution is -2.51. The molecule has 9 nitrogen and oxygen atoms in total. The molecule has 24 heavy (non-hydrogen) atoms. The molecule has 3 rings (SSSR count). The molecular formula is C15H18N6O3. The monoisotopic (exact) mass is 330 g/mol. The molecule has 0 N–H and O–H groups in total. The highest BCUT2D eigenvalue weighted by Gasteiger charge is 2.24. The van der Waals surface area contributed by atoms with Crippen molar-refractivity contribution in [2.45, 2.75) is 0 Å². The van der Waals surface area contributed by atoms with Crippen LogP contribution in [0.1, 0.15) is 10.4 Å². The third-order valence-electron chi connectivity index (χ3n) is 3.92. The van der Waals surface area contributed by atoms with Crippen molar-refractivity contribution in [2.24, 2.45) is 0 Å². The van der Waals surface area contributed by atoms with Crippen LogP contribution in [0.25, 0.3) is 5.69 Å². The number of hydrogen-bond acceptors (Lipinski definition) is 6. The molecular weight excluding hydrogens is 312 g/mol. The lowest BCUT2D eigenvalue weighted by molar-refractivity contribution is -0.136. The molecule has 1 fully saturated rings. The summed E-state index contributed by atoms with van der Waals surface area (Å²) in [5.41, 5.74) is 1.38. The number of rotatable bonds is 4. The summed E-state index contributed by atoms with van der Waals surface area (Å²) in [6, 6.07) is 7.09. The van der Waals surface area contributed by atoms with Crippen LogP contribution < -0.4 is 0 Å². The van der Waals surface area contributed by atoms with Crippen molar-refractivity contribution >= 4 is 11.8 Å². The highest BCUT2D eigenvalue weighted by atomic mass is 16.5. The minimum atomic E-state index is -0.0459. The number of hydrogen-bond donors (Lipinski definition) is 0. The molecule has 0 saturated carbocycles. The summed E-state index contributed by atoms with van der Waals surface area (Å²) in [7, 11) is 1.50. The van der Waals surface area contributed by atoms with Crippen molar-refractivity contribution < 1.29 is 14.3 Å². The molecule has 1 aliphatic rings. The van der Waals surface area contributed by atoms with Gasteiger partial charge in [-0.1, -0.05) is 0 Å². The van der Waals surface area contributed by atoms with E-state index in [1.807, 2.05) is 0 Å². The molecule has 2 aromatic rings. The van der Waals surface area contributed by atoms with Crippen molar-refractivity contribution in [2.75, 3.05) is 39.9 Å². The van der Waals surface area contributed by atoms with E-state index < -0.39 is 0 Å². The maximum absolute atomic E-state index is 12.6. The molecule has 0 atom stereocenters. The Bertz CT molecular complexity index is 693. The first-order valence-corrected chi connectivity index (χ1v) is 7.58. The van der Waals surface area contributed by atoms with Gasteiger partial charge in [0.1, 0.15) is 12.9 Å². The lowest BCUT2D eigenvalue weighted by atomic mass is 10.1. The van der Waals surface area contributed by atoms with Crippen LogP contribution in [-0.2, 0) is 9.53 Å². The van der Waals surface area contributed by atoms with E-state index in [1.165, 1.54) is 18.1 Å². The van der Waals surface area contributed by atoms with E-state index in [0.717, 1.165) is 5.69 Å². The Morgan fingerprint density at radius 3 is 2.33 bits per heavy atom. The first-order valence-electron chi connectivity index (χ1n) is 7.58. The van der Waals surface area contributed by atoms with Gasteiger partial charge < -0.3 is 14.5 Å². The first-order chi connectivity index (χ1) is 11.7. The van der Waals surface area contributed by atoms with E-state index in [9.17, 15) is 9.59 Å². The average Bonchev–Trinajstić information content (AvgIpc) is 3.16. The third-order valence-corrected chi connectivity index (χ3v) is 3.92. The van der Waals surface area contributed by atoms with Gasteiger partial charge in [0.15, 0.2) is 0 Å². The largest absolute Gasteiger partial charge is 0.375 e. The van der Waals surface area contributed by atoms with E-state index >= 15 is 0 Å². The summed E-state index contributed by atoms with van der Waals surface area (Å²) in [4.78, 5) is 27.8. The standard InChI is InChI=1S/C15H18N6O3/c1-24-10-14(22)19-6-8-20(9-7-19)15(23)12-2-4-13(5-3-12)21-11-16-17-18-21/h2-5,11H,6-10H2,1H3. The molecule has 1 aliphatic heterocycles. The molecule has 9 heteroatoms. The van der Waals surface area contributed by atoms with Crippen LogP contribution in [-0.4, -0.2) is 81.7 Å². The zero-order valence-electron chi connectivity index (χ0n) is 13.3. The average molecular weight is 330 g/mol. The van der Waals surface area contributed by atoms with Crippen LogP contribution in [0.2, 0.25) is 0 Å². The molecule has 2 heterocycles. The summed E-state index contributed by atoms with van der Waals surface area (Å²) in [5, 5.41) is 11.0. The Balaban J connectivity index is 1.60. The Labute approximate surface area is 138 Å². The van der Waals surface area contributed by atoms with Crippen molar-refractivity contribution in [1.29, 1.82) is 0 Å². The summed E-state index contributed by atoms with van der Waals surface area (Å²) in [5.74, 6) is -0.0903. The summed E-state index contributed by atoms with van der Waals surface area (Å²) in [6.07, 6.45) is 1.49. The van der Waals surface area contributed by atoms with Crippen molar-refractivity contribution in [3.05, 3.63) is 36.2 Å². The minimum Gasteiger partial charge on any atom is -0.375 e. The fourth-order valence-electron chi connectivity index (χ4n) is 2.59. The molecule has 0 spiro atoms. The van der Waals surface area contributed by atoms with Gasteiger partial charge in [-0.3, -0.25) is 9.59 Å². The number of benzene rings is 1. The Kier molecular flexibility index (Phi) is 4.80.